The zero-order valence-corrected chi connectivity index (χ0v) is 14.7. The summed E-state index contributed by atoms with van der Waals surface area (Å²) in [6.07, 6.45) is 1.96. The van der Waals surface area contributed by atoms with E-state index in [4.69, 9.17) is 4.74 Å². The highest BCUT2D eigenvalue weighted by Crippen LogP contribution is 2.31. The van der Waals surface area contributed by atoms with Crippen molar-refractivity contribution in [1.82, 2.24) is 5.43 Å². The van der Waals surface area contributed by atoms with Crippen LogP contribution >= 0.6 is 0 Å². The van der Waals surface area contributed by atoms with Gasteiger partial charge in [-0.25, -0.2) is 5.43 Å². The Hall–Kier alpha value is -2.62. The number of benzene rings is 2. The second kappa shape index (κ2) is 7.77. The molecular weight excluding hydrogens is 300 g/mol. The minimum Gasteiger partial charge on any atom is -0.496 e. The Kier molecular flexibility index (Phi) is 5.74. The molecule has 2 rings (SSSR count). The highest BCUT2D eigenvalue weighted by Gasteiger charge is 2.18. The van der Waals surface area contributed by atoms with Crippen molar-refractivity contribution in [2.24, 2.45) is 5.10 Å². The summed E-state index contributed by atoms with van der Waals surface area (Å²) in [5.41, 5.74) is 5.51. The van der Waals surface area contributed by atoms with E-state index < -0.39 is 0 Å². The average molecular weight is 324 g/mol. The molecule has 4 nitrogen and oxygen atoms in total. The number of hydrazone groups is 1. The van der Waals surface area contributed by atoms with Crippen LogP contribution in [-0.2, 0) is 16.6 Å². The molecule has 4 heteroatoms. The molecule has 0 spiro atoms. The van der Waals surface area contributed by atoms with Crippen LogP contribution in [0.3, 0.4) is 0 Å². The fraction of sp³-hybridized carbons (Fsp3) is 0.300. The van der Waals surface area contributed by atoms with Gasteiger partial charge < -0.3 is 4.74 Å². The van der Waals surface area contributed by atoms with Gasteiger partial charge in [0.05, 0.1) is 19.7 Å². The molecule has 0 aliphatic carbocycles. The third-order valence-corrected chi connectivity index (χ3v) is 3.64. The first-order chi connectivity index (χ1) is 11.4. The third kappa shape index (κ3) is 4.95. The van der Waals surface area contributed by atoms with Crippen molar-refractivity contribution < 1.29 is 9.53 Å². The van der Waals surface area contributed by atoms with Crippen LogP contribution in [0, 0.1) is 0 Å². The normalized spacial score (nSPS) is 11.5. The van der Waals surface area contributed by atoms with Gasteiger partial charge in [-0.15, -0.1) is 0 Å². The largest absolute Gasteiger partial charge is 0.496 e. The molecule has 0 saturated carbocycles. The second-order valence-electron chi connectivity index (χ2n) is 6.67. The molecule has 0 radical (unpaired) electrons. The minimum atomic E-state index is -0.137. The van der Waals surface area contributed by atoms with Crippen molar-refractivity contribution in [2.75, 3.05) is 7.11 Å². The number of hydrogen-bond donors (Lipinski definition) is 1. The van der Waals surface area contributed by atoms with Crippen LogP contribution in [0.2, 0.25) is 0 Å². The molecule has 0 unspecified atom stereocenters. The Labute approximate surface area is 143 Å². The lowest BCUT2D eigenvalue weighted by atomic mass is 9.85. The van der Waals surface area contributed by atoms with Gasteiger partial charge in [0.25, 0.3) is 0 Å². The third-order valence-electron chi connectivity index (χ3n) is 3.64. The average Bonchev–Trinajstić information content (AvgIpc) is 2.55. The molecule has 0 aliphatic rings. The number of nitrogens with zero attached hydrogens (tertiary/aromatic N) is 1. The van der Waals surface area contributed by atoms with Crippen LogP contribution in [0.5, 0.6) is 5.75 Å². The van der Waals surface area contributed by atoms with E-state index in [-0.39, 0.29) is 11.3 Å². The first kappa shape index (κ1) is 17.7. The van der Waals surface area contributed by atoms with Crippen LogP contribution in [0.1, 0.15) is 37.5 Å². The fourth-order valence-electron chi connectivity index (χ4n) is 2.39. The maximum absolute atomic E-state index is 11.9. The fourth-order valence-corrected chi connectivity index (χ4v) is 2.39. The van der Waals surface area contributed by atoms with Gasteiger partial charge in [0, 0.05) is 5.56 Å². The Morgan fingerprint density at radius 1 is 1.17 bits per heavy atom. The standard InChI is InChI=1S/C20H24N2O2/c1-20(2,3)17-12-16(10-11-18(17)24-4)14-21-22-19(23)13-15-8-6-5-7-9-15/h5-12,14H,13H2,1-4H3,(H,22,23). The Balaban J connectivity index is 2.03. The summed E-state index contributed by atoms with van der Waals surface area (Å²) in [7, 11) is 1.67. The molecule has 0 atom stereocenters. The zero-order chi connectivity index (χ0) is 17.6. The van der Waals surface area contributed by atoms with Crippen molar-refractivity contribution >= 4 is 12.1 Å². The number of hydrogen-bond acceptors (Lipinski definition) is 3. The van der Waals surface area contributed by atoms with Crippen LogP contribution in [0.4, 0.5) is 0 Å². The number of nitrogens with one attached hydrogen (secondary N) is 1. The van der Waals surface area contributed by atoms with Gasteiger partial charge in [-0.2, -0.15) is 5.10 Å². The number of rotatable bonds is 5. The topological polar surface area (TPSA) is 50.7 Å². The van der Waals surface area contributed by atoms with Gasteiger partial charge in [-0.3, -0.25) is 4.79 Å². The minimum absolute atomic E-state index is 0.0360. The monoisotopic (exact) mass is 324 g/mol. The maximum Gasteiger partial charge on any atom is 0.244 e. The number of ether oxygens (including phenoxy) is 1. The van der Waals surface area contributed by atoms with E-state index in [1.807, 2.05) is 48.5 Å². The van der Waals surface area contributed by atoms with Crippen molar-refractivity contribution in [1.29, 1.82) is 0 Å². The number of amides is 1. The molecule has 0 fully saturated rings. The molecule has 0 heterocycles. The lowest BCUT2D eigenvalue weighted by Gasteiger charge is -2.22. The molecule has 0 aromatic heterocycles. The van der Waals surface area contributed by atoms with E-state index in [2.05, 4.69) is 31.3 Å². The van der Waals surface area contributed by atoms with Crippen molar-refractivity contribution in [3.05, 3.63) is 65.2 Å². The molecule has 24 heavy (non-hydrogen) atoms. The summed E-state index contributed by atoms with van der Waals surface area (Å²) in [6, 6.07) is 15.5. The van der Waals surface area contributed by atoms with Crippen molar-refractivity contribution in [2.45, 2.75) is 32.6 Å². The van der Waals surface area contributed by atoms with E-state index >= 15 is 0 Å². The Morgan fingerprint density at radius 2 is 1.88 bits per heavy atom. The van der Waals surface area contributed by atoms with E-state index in [0.29, 0.717) is 6.42 Å². The van der Waals surface area contributed by atoms with Crippen LogP contribution < -0.4 is 10.2 Å². The highest BCUT2D eigenvalue weighted by atomic mass is 16.5. The van der Waals surface area contributed by atoms with Crippen LogP contribution in [-0.4, -0.2) is 19.2 Å². The molecule has 1 amide bonds. The van der Waals surface area contributed by atoms with E-state index in [0.717, 1.165) is 22.4 Å². The van der Waals surface area contributed by atoms with E-state index in [1.54, 1.807) is 13.3 Å². The summed E-state index contributed by atoms with van der Waals surface area (Å²) in [5.74, 6) is 0.717. The number of carbonyl (C=O) groups excluding carboxylic acids is 1. The molecule has 1 N–H and O–H groups in total. The summed E-state index contributed by atoms with van der Waals surface area (Å²) >= 11 is 0. The first-order valence-electron chi connectivity index (χ1n) is 7.94. The van der Waals surface area contributed by atoms with E-state index in [9.17, 15) is 4.79 Å². The molecule has 2 aromatic carbocycles. The quantitative estimate of drug-likeness (QED) is 0.674. The predicted octanol–water partition coefficient (Wildman–Crippen LogP) is 3.69. The van der Waals surface area contributed by atoms with Gasteiger partial charge in [-0.05, 0) is 34.7 Å². The van der Waals surface area contributed by atoms with Crippen LogP contribution in [0.15, 0.2) is 53.6 Å². The first-order valence-corrected chi connectivity index (χ1v) is 7.94. The summed E-state index contributed by atoms with van der Waals surface area (Å²) in [4.78, 5) is 11.9. The van der Waals surface area contributed by atoms with E-state index in [1.165, 1.54) is 0 Å². The number of methoxy groups -OCH3 is 1. The van der Waals surface area contributed by atoms with Gasteiger partial charge in [0.2, 0.25) is 5.91 Å². The summed E-state index contributed by atoms with van der Waals surface area (Å²) in [6.45, 7) is 6.40. The number of carbonyl (C=O) groups is 1. The Bertz CT molecular complexity index is 716. The van der Waals surface area contributed by atoms with Gasteiger partial charge in [-0.1, -0.05) is 51.1 Å². The van der Waals surface area contributed by atoms with Gasteiger partial charge >= 0.3 is 0 Å². The zero-order valence-electron chi connectivity index (χ0n) is 14.7. The smallest absolute Gasteiger partial charge is 0.244 e. The van der Waals surface area contributed by atoms with Crippen molar-refractivity contribution in [3.8, 4) is 5.75 Å². The Morgan fingerprint density at radius 3 is 2.50 bits per heavy atom. The van der Waals surface area contributed by atoms with Crippen LogP contribution in [0.25, 0.3) is 0 Å². The summed E-state index contributed by atoms with van der Waals surface area (Å²) < 4.78 is 5.42. The molecular formula is C20H24N2O2. The molecule has 126 valence electrons. The maximum atomic E-state index is 11.9. The molecule has 0 bridgehead atoms. The SMILES string of the molecule is COc1ccc(C=NNC(=O)Cc2ccccc2)cc1C(C)(C)C. The second-order valence-corrected chi connectivity index (χ2v) is 6.67. The van der Waals surface area contributed by atoms with Gasteiger partial charge in [0.15, 0.2) is 0 Å². The van der Waals surface area contributed by atoms with Crippen molar-refractivity contribution in [3.63, 3.8) is 0 Å². The predicted molar refractivity (Wildman–Crippen MR) is 97.6 cm³/mol. The lowest BCUT2D eigenvalue weighted by Crippen LogP contribution is -2.19. The molecule has 2 aromatic rings. The van der Waals surface area contributed by atoms with Gasteiger partial charge in [0.1, 0.15) is 5.75 Å². The molecule has 0 aliphatic heterocycles. The molecule has 0 saturated heterocycles. The highest BCUT2D eigenvalue weighted by molar-refractivity contribution is 5.83. The lowest BCUT2D eigenvalue weighted by molar-refractivity contribution is -0.120. The summed E-state index contributed by atoms with van der Waals surface area (Å²) in [5, 5.41) is 4.05.